The van der Waals surface area contributed by atoms with Crippen molar-refractivity contribution in [2.75, 3.05) is 26.2 Å². The van der Waals surface area contributed by atoms with Gasteiger partial charge >= 0.3 is 0 Å². The molecule has 1 saturated heterocycles. The predicted octanol–water partition coefficient (Wildman–Crippen LogP) is 1.83. The van der Waals surface area contributed by atoms with Crippen molar-refractivity contribution in [3.8, 4) is 0 Å². The second-order valence-electron chi connectivity index (χ2n) is 5.50. The van der Waals surface area contributed by atoms with E-state index in [2.05, 4.69) is 29.2 Å². The second kappa shape index (κ2) is 6.59. The van der Waals surface area contributed by atoms with Crippen LogP contribution in [-0.4, -0.2) is 46.5 Å². The van der Waals surface area contributed by atoms with Crippen molar-refractivity contribution in [1.82, 2.24) is 14.4 Å². The van der Waals surface area contributed by atoms with Crippen LogP contribution in [0, 0.1) is 0 Å². The molecule has 0 spiro atoms. The summed E-state index contributed by atoms with van der Waals surface area (Å²) in [5.74, 6) is 0.213. The highest BCUT2D eigenvalue weighted by atomic mass is 16.2. The first-order valence-corrected chi connectivity index (χ1v) is 7.46. The summed E-state index contributed by atoms with van der Waals surface area (Å²) in [6.07, 6.45) is 3.87. The molecule has 110 valence electrons. The molecule has 0 radical (unpaired) electrons. The summed E-state index contributed by atoms with van der Waals surface area (Å²) in [4.78, 5) is 16.6. The number of hydrogen-bond donors (Lipinski definition) is 0. The van der Waals surface area contributed by atoms with Crippen molar-refractivity contribution >= 4 is 5.91 Å². The topological polar surface area (TPSA) is 28.5 Å². The first-order valence-electron chi connectivity index (χ1n) is 7.46. The molecule has 1 aromatic heterocycles. The van der Waals surface area contributed by atoms with E-state index in [0.29, 0.717) is 6.54 Å². The normalized spacial score (nSPS) is 16.1. The Balaban J connectivity index is 1.47. The fourth-order valence-corrected chi connectivity index (χ4v) is 2.73. The number of amides is 1. The molecule has 0 saturated carbocycles. The highest BCUT2D eigenvalue weighted by Gasteiger charge is 2.20. The third kappa shape index (κ3) is 3.73. The first kappa shape index (κ1) is 13.9. The van der Waals surface area contributed by atoms with Gasteiger partial charge in [0.05, 0.1) is 0 Å². The maximum absolute atomic E-state index is 12.2. The van der Waals surface area contributed by atoms with Crippen LogP contribution in [0.15, 0.2) is 54.9 Å². The number of piperazine rings is 1. The van der Waals surface area contributed by atoms with E-state index in [1.807, 2.05) is 40.1 Å². The van der Waals surface area contributed by atoms with Gasteiger partial charge in [0.15, 0.2) is 0 Å². The van der Waals surface area contributed by atoms with Gasteiger partial charge in [-0.15, -0.1) is 0 Å². The lowest BCUT2D eigenvalue weighted by Crippen LogP contribution is -2.49. The van der Waals surface area contributed by atoms with Crippen LogP contribution in [0.5, 0.6) is 0 Å². The summed E-state index contributed by atoms with van der Waals surface area (Å²) >= 11 is 0. The maximum Gasteiger partial charge on any atom is 0.242 e. The standard InChI is InChI=1S/C17H21N3O/c21-17(15-18-8-4-5-9-18)20-12-10-19(11-13-20)14-16-6-2-1-3-7-16/h1-9H,10-15H2. The van der Waals surface area contributed by atoms with Crippen LogP contribution in [0.2, 0.25) is 0 Å². The van der Waals surface area contributed by atoms with Crippen molar-refractivity contribution in [3.05, 3.63) is 60.4 Å². The van der Waals surface area contributed by atoms with Gasteiger partial charge in [0, 0.05) is 45.1 Å². The van der Waals surface area contributed by atoms with Gasteiger partial charge in [-0.1, -0.05) is 30.3 Å². The molecular formula is C17H21N3O. The van der Waals surface area contributed by atoms with Crippen LogP contribution in [0.3, 0.4) is 0 Å². The molecular weight excluding hydrogens is 262 g/mol. The quantitative estimate of drug-likeness (QED) is 0.856. The Labute approximate surface area is 125 Å². The van der Waals surface area contributed by atoms with Crippen molar-refractivity contribution in [1.29, 1.82) is 0 Å². The summed E-state index contributed by atoms with van der Waals surface area (Å²) in [5.41, 5.74) is 1.34. The van der Waals surface area contributed by atoms with E-state index in [1.54, 1.807) is 0 Å². The average molecular weight is 283 g/mol. The van der Waals surface area contributed by atoms with Crippen molar-refractivity contribution < 1.29 is 4.79 Å². The molecule has 1 aliphatic heterocycles. The van der Waals surface area contributed by atoms with Crippen LogP contribution in [0.1, 0.15) is 5.56 Å². The largest absolute Gasteiger partial charge is 0.345 e. The number of aromatic nitrogens is 1. The Kier molecular flexibility index (Phi) is 4.36. The highest BCUT2D eigenvalue weighted by molar-refractivity contribution is 5.76. The lowest BCUT2D eigenvalue weighted by molar-refractivity contribution is -0.133. The van der Waals surface area contributed by atoms with Gasteiger partial charge in [0.2, 0.25) is 5.91 Å². The van der Waals surface area contributed by atoms with Gasteiger partial charge in [-0.3, -0.25) is 9.69 Å². The Morgan fingerprint density at radius 3 is 2.24 bits per heavy atom. The summed E-state index contributed by atoms with van der Waals surface area (Å²) in [6, 6.07) is 14.4. The lowest BCUT2D eigenvalue weighted by atomic mass is 10.2. The molecule has 4 nitrogen and oxygen atoms in total. The molecule has 0 N–H and O–H groups in total. The number of carbonyl (C=O) groups excluding carboxylic acids is 1. The maximum atomic E-state index is 12.2. The molecule has 0 aliphatic carbocycles. The molecule has 1 fully saturated rings. The van der Waals surface area contributed by atoms with E-state index in [-0.39, 0.29) is 5.91 Å². The van der Waals surface area contributed by atoms with Gasteiger partial charge in [0.1, 0.15) is 6.54 Å². The molecule has 1 amide bonds. The van der Waals surface area contributed by atoms with Crippen molar-refractivity contribution in [2.24, 2.45) is 0 Å². The molecule has 0 bridgehead atoms. The van der Waals surface area contributed by atoms with Gasteiger partial charge in [-0.25, -0.2) is 0 Å². The van der Waals surface area contributed by atoms with Gasteiger partial charge in [0.25, 0.3) is 0 Å². The minimum Gasteiger partial charge on any atom is -0.345 e. The summed E-state index contributed by atoms with van der Waals surface area (Å²) in [7, 11) is 0. The van der Waals surface area contributed by atoms with Crippen LogP contribution in [0.4, 0.5) is 0 Å². The van der Waals surface area contributed by atoms with E-state index in [9.17, 15) is 4.79 Å². The van der Waals surface area contributed by atoms with E-state index >= 15 is 0 Å². The SMILES string of the molecule is O=C(Cn1cccc1)N1CCN(Cc2ccccc2)CC1. The smallest absolute Gasteiger partial charge is 0.242 e. The number of nitrogens with zero attached hydrogens (tertiary/aromatic N) is 3. The number of rotatable bonds is 4. The molecule has 2 heterocycles. The molecule has 3 rings (SSSR count). The fraction of sp³-hybridized carbons (Fsp3) is 0.353. The molecule has 2 aromatic rings. The van der Waals surface area contributed by atoms with Gasteiger partial charge in [-0.2, -0.15) is 0 Å². The Hall–Kier alpha value is -2.07. The molecule has 4 heteroatoms. The molecule has 0 atom stereocenters. The first-order chi connectivity index (χ1) is 10.3. The van der Waals surface area contributed by atoms with Gasteiger partial charge < -0.3 is 9.47 Å². The Bertz CT molecular complexity index is 557. The number of carbonyl (C=O) groups is 1. The van der Waals surface area contributed by atoms with Crippen molar-refractivity contribution in [3.63, 3.8) is 0 Å². The van der Waals surface area contributed by atoms with E-state index < -0.39 is 0 Å². The van der Waals surface area contributed by atoms with E-state index in [4.69, 9.17) is 0 Å². The zero-order valence-corrected chi connectivity index (χ0v) is 12.2. The summed E-state index contributed by atoms with van der Waals surface area (Å²) in [5, 5.41) is 0. The van der Waals surface area contributed by atoms with Crippen LogP contribution < -0.4 is 0 Å². The third-order valence-corrected chi connectivity index (χ3v) is 3.96. The van der Waals surface area contributed by atoms with Crippen LogP contribution in [0.25, 0.3) is 0 Å². The zero-order valence-electron chi connectivity index (χ0n) is 12.2. The van der Waals surface area contributed by atoms with Crippen LogP contribution >= 0.6 is 0 Å². The number of hydrogen-bond acceptors (Lipinski definition) is 2. The third-order valence-electron chi connectivity index (χ3n) is 3.96. The van der Waals surface area contributed by atoms with E-state index in [0.717, 1.165) is 32.7 Å². The molecule has 1 aliphatic rings. The van der Waals surface area contributed by atoms with Crippen molar-refractivity contribution in [2.45, 2.75) is 13.1 Å². The zero-order chi connectivity index (χ0) is 14.5. The minimum absolute atomic E-state index is 0.213. The highest BCUT2D eigenvalue weighted by Crippen LogP contribution is 2.09. The summed E-state index contributed by atoms with van der Waals surface area (Å²) < 4.78 is 1.93. The van der Waals surface area contributed by atoms with Crippen LogP contribution in [-0.2, 0) is 17.9 Å². The predicted molar refractivity (Wildman–Crippen MR) is 82.7 cm³/mol. The fourth-order valence-electron chi connectivity index (χ4n) is 2.73. The Morgan fingerprint density at radius 2 is 1.57 bits per heavy atom. The molecule has 21 heavy (non-hydrogen) atoms. The summed E-state index contributed by atoms with van der Waals surface area (Å²) in [6.45, 7) is 4.98. The van der Waals surface area contributed by atoms with E-state index in [1.165, 1.54) is 5.56 Å². The Morgan fingerprint density at radius 1 is 0.905 bits per heavy atom. The molecule has 1 aromatic carbocycles. The average Bonchev–Trinajstić information content (AvgIpc) is 3.02. The lowest BCUT2D eigenvalue weighted by Gasteiger charge is -2.34. The minimum atomic E-state index is 0.213. The van der Waals surface area contributed by atoms with Gasteiger partial charge in [-0.05, 0) is 17.7 Å². The monoisotopic (exact) mass is 283 g/mol. The second-order valence-corrected chi connectivity index (χ2v) is 5.50. The number of benzene rings is 1. The molecule has 0 unspecified atom stereocenters.